The zero-order chi connectivity index (χ0) is 12.1. The first-order valence-corrected chi connectivity index (χ1v) is 6.72. The summed E-state index contributed by atoms with van der Waals surface area (Å²) in [4.78, 5) is 16.0. The van der Waals surface area contributed by atoms with Crippen LogP contribution in [0.5, 0.6) is 0 Å². The summed E-state index contributed by atoms with van der Waals surface area (Å²) in [6.45, 7) is 7.16. The number of rotatable bonds is 4. The van der Waals surface area contributed by atoms with Gasteiger partial charge in [0.2, 0.25) is 0 Å². The lowest BCUT2D eigenvalue weighted by Gasteiger charge is -2.26. The van der Waals surface area contributed by atoms with E-state index in [9.17, 15) is 4.79 Å². The zero-order valence-electron chi connectivity index (χ0n) is 10.1. The number of amides is 1. The van der Waals surface area contributed by atoms with E-state index in [4.69, 9.17) is 4.74 Å². The Balaban J connectivity index is 1.69. The van der Waals surface area contributed by atoms with Gasteiger partial charge in [0.15, 0.2) is 0 Å². The van der Waals surface area contributed by atoms with Crippen LogP contribution in [0.2, 0.25) is 0 Å². The van der Waals surface area contributed by atoms with E-state index in [-0.39, 0.29) is 5.91 Å². The third-order valence-electron chi connectivity index (χ3n) is 2.78. The minimum Gasteiger partial charge on any atom is -0.379 e. The Hall–Kier alpha value is -0.910. The molecule has 0 bridgehead atoms. The summed E-state index contributed by atoms with van der Waals surface area (Å²) in [5.74, 6) is 0.0383. The lowest BCUT2D eigenvalue weighted by atomic mass is 10.4. The average Bonchev–Trinajstić information content (AvgIpc) is 2.77. The topological polar surface area (TPSA) is 41.6 Å². The van der Waals surface area contributed by atoms with Gasteiger partial charge in [-0.1, -0.05) is 0 Å². The highest BCUT2D eigenvalue weighted by atomic mass is 32.1. The number of aryl methyl sites for hydroxylation is 1. The largest absolute Gasteiger partial charge is 0.379 e. The number of carbonyl (C=O) groups excluding carboxylic acids is 1. The predicted octanol–water partition coefficient (Wildman–Crippen LogP) is 1.12. The molecule has 0 aliphatic carbocycles. The SMILES string of the molecule is Cc1ccc(C(=O)NCCN2CCOCC2)s1. The maximum Gasteiger partial charge on any atom is 0.261 e. The fourth-order valence-corrected chi connectivity index (χ4v) is 2.58. The molecule has 5 heteroatoms. The fraction of sp³-hybridized carbons (Fsp3) is 0.583. The number of carbonyl (C=O) groups is 1. The summed E-state index contributed by atoms with van der Waals surface area (Å²) < 4.78 is 5.27. The van der Waals surface area contributed by atoms with Gasteiger partial charge in [-0.05, 0) is 19.1 Å². The molecule has 2 heterocycles. The van der Waals surface area contributed by atoms with Crippen molar-refractivity contribution in [3.63, 3.8) is 0 Å². The van der Waals surface area contributed by atoms with Gasteiger partial charge in [-0.25, -0.2) is 0 Å². The normalized spacial score (nSPS) is 17.0. The molecule has 0 saturated carbocycles. The minimum atomic E-state index is 0.0383. The molecule has 1 aromatic heterocycles. The molecule has 1 amide bonds. The van der Waals surface area contributed by atoms with Crippen LogP contribution >= 0.6 is 11.3 Å². The monoisotopic (exact) mass is 254 g/mol. The average molecular weight is 254 g/mol. The van der Waals surface area contributed by atoms with Crippen molar-refractivity contribution in [3.8, 4) is 0 Å². The summed E-state index contributed by atoms with van der Waals surface area (Å²) in [6.07, 6.45) is 0. The van der Waals surface area contributed by atoms with Gasteiger partial charge in [0.25, 0.3) is 5.91 Å². The number of nitrogens with zero attached hydrogens (tertiary/aromatic N) is 1. The highest BCUT2D eigenvalue weighted by molar-refractivity contribution is 7.13. The van der Waals surface area contributed by atoms with E-state index in [1.165, 1.54) is 16.2 Å². The van der Waals surface area contributed by atoms with Crippen molar-refractivity contribution in [3.05, 3.63) is 21.9 Å². The summed E-state index contributed by atoms with van der Waals surface area (Å²) in [5.41, 5.74) is 0. The van der Waals surface area contributed by atoms with Gasteiger partial charge in [0.1, 0.15) is 0 Å². The van der Waals surface area contributed by atoms with Crippen LogP contribution in [0.1, 0.15) is 14.5 Å². The van der Waals surface area contributed by atoms with Gasteiger partial charge in [0, 0.05) is 31.1 Å². The van der Waals surface area contributed by atoms with Crippen LogP contribution in [-0.2, 0) is 4.74 Å². The summed E-state index contributed by atoms with van der Waals surface area (Å²) in [6, 6.07) is 3.85. The first-order chi connectivity index (χ1) is 8.25. The molecular weight excluding hydrogens is 236 g/mol. The van der Waals surface area contributed by atoms with Crippen LogP contribution in [0.15, 0.2) is 12.1 Å². The molecular formula is C12H18N2O2S. The van der Waals surface area contributed by atoms with Gasteiger partial charge in [-0.2, -0.15) is 0 Å². The molecule has 94 valence electrons. The molecule has 1 aliphatic heterocycles. The second kappa shape index (κ2) is 6.14. The van der Waals surface area contributed by atoms with Crippen LogP contribution in [0.25, 0.3) is 0 Å². The highest BCUT2D eigenvalue weighted by Crippen LogP contribution is 2.14. The van der Waals surface area contributed by atoms with Gasteiger partial charge in [0.05, 0.1) is 18.1 Å². The Morgan fingerprint density at radius 2 is 2.24 bits per heavy atom. The molecule has 0 spiro atoms. The van der Waals surface area contributed by atoms with Crippen molar-refractivity contribution in [2.75, 3.05) is 39.4 Å². The van der Waals surface area contributed by atoms with Gasteiger partial charge < -0.3 is 10.1 Å². The number of hydrogen-bond donors (Lipinski definition) is 1. The first-order valence-electron chi connectivity index (χ1n) is 5.90. The van der Waals surface area contributed by atoms with Crippen molar-refractivity contribution in [2.24, 2.45) is 0 Å². The summed E-state index contributed by atoms with van der Waals surface area (Å²) in [5, 5.41) is 2.95. The maximum absolute atomic E-state index is 11.8. The number of thiophene rings is 1. The third-order valence-corrected chi connectivity index (χ3v) is 3.78. The third kappa shape index (κ3) is 3.80. The van der Waals surface area contributed by atoms with E-state index in [1.807, 2.05) is 19.1 Å². The van der Waals surface area contributed by atoms with Crippen molar-refractivity contribution >= 4 is 17.2 Å². The Morgan fingerprint density at radius 1 is 1.47 bits per heavy atom. The van der Waals surface area contributed by atoms with Crippen LogP contribution < -0.4 is 5.32 Å². The highest BCUT2D eigenvalue weighted by Gasteiger charge is 2.11. The minimum absolute atomic E-state index is 0.0383. The lowest BCUT2D eigenvalue weighted by Crippen LogP contribution is -2.41. The molecule has 4 nitrogen and oxygen atoms in total. The molecule has 1 saturated heterocycles. The number of morpholine rings is 1. The van der Waals surface area contributed by atoms with E-state index in [0.717, 1.165) is 37.7 Å². The molecule has 1 aromatic rings. The molecule has 0 radical (unpaired) electrons. The Bertz CT molecular complexity index is 372. The predicted molar refractivity (Wildman–Crippen MR) is 68.6 cm³/mol. The molecule has 1 aliphatic rings. The van der Waals surface area contributed by atoms with E-state index < -0.39 is 0 Å². The van der Waals surface area contributed by atoms with E-state index in [1.54, 1.807) is 0 Å². The van der Waals surface area contributed by atoms with E-state index in [2.05, 4.69) is 10.2 Å². The van der Waals surface area contributed by atoms with Crippen LogP contribution in [0.4, 0.5) is 0 Å². The van der Waals surface area contributed by atoms with E-state index in [0.29, 0.717) is 6.54 Å². The van der Waals surface area contributed by atoms with Crippen LogP contribution in [0, 0.1) is 6.92 Å². The number of ether oxygens (including phenoxy) is 1. The van der Waals surface area contributed by atoms with Crippen LogP contribution in [0.3, 0.4) is 0 Å². The van der Waals surface area contributed by atoms with E-state index >= 15 is 0 Å². The van der Waals surface area contributed by atoms with Gasteiger partial charge >= 0.3 is 0 Å². The molecule has 0 aromatic carbocycles. The molecule has 2 rings (SSSR count). The van der Waals surface area contributed by atoms with Crippen molar-refractivity contribution < 1.29 is 9.53 Å². The summed E-state index contributed by atoms with van der Waals surface area (Å²) in [7, 11) is 0. The van der Waals surface area contributed by atoms with Gasteiger partial charge in [-0.3, -0.25) is 9.69 Å². The Kier molecular flexibility index (Phi) is 4.53. The number of hydrogen-bond acceptors (Lipinski definition) is 4. The molecule has 17 heavy (non-hydrogen) atoms. The lowest BCUT2D eigenvalue weighted by molar-refractivity contribution is 0.0383. The second-order valence-corrected chi connectivity index (χ2v) is 5.41. The van der Waals surface area contributed by atoms with Crippen LogP contribution in [-0.4, -0.2) is 50.2 Å². The number of nitrogens with one attached hydrogen (secondary N) is 1. The van der Waals surface area contributed by atoms with Gasteiger partial charge in [-0.15, -0.1) is 11.3 Å². The quantitative estimate of drug-likeness (QED) is 0.875. The fourth-order valence-electron chi connectivity index (χ4n) is 1.80. The zero-order valence-corrected chi connectivity index (χ0v) is 10.9. The molecule has 0 atom stereocenters. The standard InChI is InChI=1S/C12H18N2O2S/c1-10-2-3-11(17-10)12(15)13-4-5-14-6-8-16-9-7-14/h2-3H,4-9H2,1H3,(H,13,15). The maximum atomic E-state index is 11.8. The molecule has 1 fully saturated rings. The summed E-state index contributed by atoms with van der Waals surface area (Å²) >= 11 is 1.54. The van der Waals surface area contributed by atoms with Crippen molar-refractivity contribution in [2.45, 2.75) is 6.92 Å². The first kappa shape index (κ1) is 12.5. The smallest absolute Gasteiger partial charge is 0.261 e. The van der Waals surface area contributed by atoms with Crippen molar-refractivity contribution in [1.82, 2.24) is 10.2 Å². The second-order valence-electron chi connectivity index (χ2n) is 4.12. The van der Waals surface area contributed by atoms with Crippen molar-refractivity contribution in [1.29, 1.82) is 0 Å². The Morgan fingerprint density at radius 3 is 2.88 bits per heavy atom. The Labute approximate surface area is 106 Å². The molecule has 1 N–H and O–H groups in total. The molecule has 0 unspecified atom stereocenters.